The first kappa shape index (κ1) is 23.6. The summed E-state index contributed by atoms with van der Waals surface area (Å²) in [5.74, 6) is 6.36. The Hall–Kier alpha value is -4.02. The van der Waals surface area contributed by atoms with Gasteiger partial charge < -0.3 is 15.6 Å². The molecule has 3 heterocycles. The molecule has 1 aromatic carbocycles. The van der Waals surface area contributed by atoms with E-state index in [1.165, 1.54) is 30.6 Å². The number of benzene rings is 1. The quantitative estimate of drug-likeness (QED) is 0.394. The van der Waals surface area contributed by atoms with Crippen molar-refractivity contribution in [3.63, 3.8) is 0 Å². The Morgan fingerprint density at radius 2 is 1.91 bits per heavy atom. The minimum atomic E-state index is -4.44. The predicted octanol–water partition coefficient (Wildman–Crippen LogP) is 5.72. The second kappa shape index (κ2) is 9.23. The van der Waals surface area contributed by atoms with Crippen LogP contribution in [0.5, 0.6) is 0 Å². The molecule has 0 aliphatic heterocycles. The summed E-state index contributed by atoms with van der Waals surface area (Å²) in [6.45, 7) is 3.39. The summed E-state index contributed by atoms with van der Waals surface area (Å²) in [7, 11) is 0. The van der Waals surface area contributed by atoms with Crippen molar-refractivity contribution in [2.24, 2.45) is 0 Å². The van der Waals surface area contributed by atoms with Crippen molar-refractivity contribution in [2.75, 3.05) is 0 Å². The van der Waals surface area contributed by atoms with Gasteiger partial charge in [-0.25, -0.2) is 24.1 Å². The number of carboxylic acid groups (broad SMARTS) is 1. The van der Waals surface area contributed by atoms with E-state index in [9.17, 15) is 22.4 Å². The van der Waals surface area contributed by atoms with Gasteiger partial charge in [-0.1, -0.05) is 19.1 Å². The molecule has 0 bridgehead atoms. The standard InChI is InChI=1S/C12H9FN2O2.C10H9F3N3/c1-7-10(12(16)17)6-14-11(15-7)8-3-2-4-9(13)5-8;1-2-6-5-16(14)7-3-4-8(10(11,12)13)15-9(6)7/h2-6H,1H3,(H,16,17);3-5,14H,2H2,1H3/q;-1. The van der Waals surface area contributed by atoms with Crippen LogP contribution in [-0.4, -0.2) is 30.7 Å². The van der Waals surface area contributed by atoms with Crippen molar-refractivity contribution in [1.82, 2.24) is 19.6 Å². The number of aromatic carboxylic acids is 1. The van der Waals surface area contributed by atoms with Gasteiger partial charge in [0.05, 0.1) is 22.3 Å². The zero-order valence-electron chi connectivity index (χ0n) is 17.5. The lowest BCUT2D eigenvalue weighted by Crippen LogP contribution is -2.07. The predicted molar refractivity (Wildman–Crippen MR) is 113 cm³/mol. The highest BCUT2D eigenvalue weighted by Gasteiger charge is 2.32. The molecule has 0 atom stereocenters. The molecule has 172 valence electrons. The largest absolute Gasteiger partial charge is 0.631 e. The fraction of sp³-hybridized carbons (Fsp3) is 0.182. The molecular formula is C22H18F4N5O2-. The fourth-order valence-corrected chi connectivity index (χ4v) is 3.03. The van der Waals surface area contributed by atoms with E-state index in [2.05, 4.69) is 15.0 Å². The van der Waals surface area contributed by atoms with Crippen LogP contribution in [0.3, 0.4) is 0 Å². The number of fused-ring (bicyclic) bond motifs is 1. The summed E-state index contributed by atoms with van der Waals surface area (Å²) in [6, 6.07) is 8.01. The average Bonchev–Trinajstić information content (AvgIpc) is 3.08. The highest BCUT2D eigenvalue weighted by atomic mass is 19.4. The molecule has 0 unspecified atom stereocenters. The van der Waals surface area contributed by atoms with Crippen LogP contribution >= 0.6 is 0 Å². The van der Waals surface area contributed by atoms with E-state index < -0.39 is 17.8 Å². The summed E-state index contributed by atoms with van der Waals surface area (Å²) in [6.07, 6.45) is -1.18. The zero-order chi connectivity index (χ0) is 24.3. The van der Waals surface area contributed by atoms with Gasteiger partial charge >= 0.3 is 12.1 Å². The summed E-state index contributed by atoms with van der Waals surface area (Å²) >= 11 is 0. The minimum absolute atomic E-state index is 0.0464. The van der Waals surface area contributed by atoms with Crippen LogP contribution in [0.2, 0.25) is 0 Å². The van der Waals surface area contributed by atoms with Gasteiger partial charge in [-0.3, -0.25) is 0 Å². The lowest BCUT2D eigenvalue weighted by Gasteiger charge is -2.08. The van der Waals surface area contributed by atoms with Gasteiger partial charge in [-0.05, 0) is 49.4 Å². The maximum absolute atomic E-state index is 13.0. The van der Waals surface area contributed by atoms with Crippen LogP contribution in [0, 0.1) is 12.7 Å². The fourth-order valence-electron chi connectivity index (χ4n) is 3.03. The Kier molecular flexibility index (Phi) is 6.61. The monoisotopic (exact) mass is 460 g/mol. The van der Waals surface area contributed by atoms with Crippen molar-refractivity contribution in [1.29, 1.82) is 0 Å². The van der Waals surface area contributed by atoms with E-state index in [-0.39, 0.29) is 16.9 Å². The minimum Gasteiger partial charge on any atom is -0.631 e. The van der Waals surface area contributed by atoms with Gasteiger partial charge in [0.15, 0.2) is 5.82 Å². The third-order valence-electron chi connectivity index (χ3n) is 4.69. The summed E-state index contributed by atoms with van der Waals surface area (Å²) < 4.78 is 51.4. The lowest BCUT2D eigenvalue weighted by molar-refractivity contribution is -0.140. The van der Waals surface area contributed by atoms with E-state index in [1.54, 1.807) is 19.1 Å². The van der Waals surface area contributed by atoms with E-state index >= 15 is 0 Å². The number of carbonyl (C=O) groups is 1. The molecule has 3 aromatic heterocycles. The summed E-state index contributed by atoms with van der Waals surface area (Å²) in [5, 5.41) is 8.83. The molecular weight excluding hydrogens is 442 g/mol. The second-order valence-electron chi connectivity index (χ2n) is 6.95. The Labute approximate surface area is 185 Å². The number of hydrogen-bond donors (Lipinski definition) is 1. The molecule has 4 aromatic rings. The Morgan fingerprint density at radius 1 is 1.18 bits per heavy atom. The molecule has 0 aliphatic carbocycles. The topological polar surface area (TPSA) is 105 Å². The van der Waals surface area contributed by atoms with E-state index in [0.717, 1.165) is 10.7 Å². The maximum Gasteiger partial charge on any atom is 0.433 e. The van der Waals surface area contributed by atoms with Gasteiger partial charge in [0.25, 0.3) is 0 Å². The third-order valence-corrected chi connectivity index (χ3v) is 4.69. The molecule has 11 heteroatoms. The molecule has 0 amide bonds. The number of alkyl halides is 3. The number of halogens is 4. The molecule has 33 heavy (non-hydrogen) atoms. The number of rotatable bonds is 3. The number of carboxylic acids is 1. The number of nitrogens with zero attached hydrogens (tertiary/aromatic N) is 4. The Balaban J connectivity index is 0.000000186. The Morgan fingerprint density at radius 3 is 2.48 bits per heavy atom. The average molecular weight is 460 g/mol. The third kappa shape index (κ3) is 5.25. The lowest BCUT2D eigenvalue weighted by atomic mass is 10.2. The van der Waals surface area contributed by atoms with Crippen LogP contribution in [0.25, 0.3) is 28.3 Å². The van der Waals surface area contributed by atoms with Crippen LogP contribution in [0.4, 0.5) is 17.6 Å². The van der Waals surface area contributed by atoms with Gasteiger partial charge in [-0.15, -0.1) is 0 Å². The van der Waals surface area contributed by atoms with Crippen molar-refractivity contribution < 1.29 is 27.5 Å². The van der Waals surface area contributed by atoms with Crippen LogP contribution in [0.15, 0.2) is 48.8 Å². The molecule has 0 saturated heterocycles. The zero-order valence-corrected chi connectivity index (χ0v) is 17.5. The van der Waals surface area contributed by atoms with Crippen LogP contribution in [-0.2, 0) is 12.6 Å². The van der Waals surface area contributed by atoms with Gasteiger partial charge in [0, 0.05) is 11.8 Å². The van der Waals surface area contributed by atoms with Crippen molar-refractivity contribution in [2.45, 2.75) is 26.4 Å². The van der Waals surface area contributed by atoms with Crippen molar-refractivity contribution in [3.8, 4) is 11.4 Å². The number of aryl methyl sites for hydroxylation is 2. The SMILES string of the molecule is CCc1cn([NH-])c2ccc(C(F)(F)F)nc12.Cc1nc(-c2cccc(F)c2)ncc1C(=O)O. The van der Waals surface area contributed by atoms with Gasteiger partial charge in [-0.2, -0.15) is 13.2 Å². The molecule has 7 nitrogen and oxygen atoms in total. The number of nitrogens with one attached hydrogen (secondary N) is 1. The second-order valence-corrected chi connectivity index (χ2v) is 6.95. The maximum atomic E-state index is 13.0. The summed E-state index contributed by atoms with van der Waals surface area (Å²) in [4.78, 5) is 22.3. The van der Waals surface area contributed by atoms with E-state index in [4.69, 9.17) is 10.9 Å². The first-order chi connectivity index (χ1) is 15.5. The smallest absolute Gasteiger partial charge is 0.433 e. The van der Waals surface area contributed by atoms with Gasteiger partial charge in [0.2, 0.25) is 0 Å². The molecule has 0 saturated carbocycles. The first-order valence-corrected chi connectivity index (χ1v) is 9.64. The molecule has 4 rings (SSSR count). The molecule has 0 fully saturated rings. The Bertz CT molecular complexity index is 1320. The number of aromatic nitrogens is 4. The summed E-state index contributed by atoms with van der Waals surface area (Å²) in [5.41, 5.74) is 1.30. The normalized spacial score (nSPS) is 11.2. The molecule has 0 aliphatic rings. The first-order valence-electron chi connectivity index (χ1n) is 9.64. The van der Waals surface area contributed by atoms with E-state index in [0.29, 0.717) is 34.6 Å². The number of hydrogen-bond acceptors (Lipinski definition) is 4. The van der Waals surface area contributed by atoms with Crippen molar-refractivity contribution in [3.05, 3.63) is 83.0 Å². The highest BCUT2D eigenvalue weighted by Crippen LogP contribution is 2.30. The van der Waals surface area contributed by atoms with E-state index in [1.807, 2.05) is 6.92 Å². The van der Waals surface area contributed by atoms with Crippen LogP contribution in [0.1, 0.15) is 34.2 Å². The molecule has 2 N–H and O–H groups in total. The molecule has 0 spiro atoms. The highest BCUT2D eigenvalue weighted by molar-refractivity contribution is 5.88. The van der Waals surface area contributed by atoms with Crippen LogP contribution < -0.4 is 0 Å². The molecule has 0 radical (unpaired) electrons. The van der Waals surface area contributed by atoms with Crippen molar-refractivity contribution >= 4 is 17.0 Å². The van der Waals surface area contributed by atoms with Gasteiger partial charge in [0.1, 0.15) is 11.5 Å². The number of pyridine rings is 1.